The molecule has 0 aliphatic rings. The van der Waals surface area contributed by atoms with E-state index in [-0.39, 0.29) is 0 Å². The molecule has 0 fully saturated rings. The lowest BCUT2D eigenvalue weighted by atomic mass is 10.3. The maximum atomic E-state index is 4.37. The molecule has 0 aromatic carbocycles. The summed E-state index contributed by atoms with van der Waals surface area (Å²) < 4.78 is 0. The average Bonchev–Trinajstić information content (AvgIpc) is 2.65. The zero-order chi connectivity index (χ0) is 11.5. The predicted molar refractivity (Wildman–Crippen MR) is 66.8 cm³/mol. The lowest BCUT2D eigenvalue weighted by Crippen LogP contribution is -2.19. The molecule has 4 heteroatoms. The molecular formula is C12H18N4. The minimum Gasteiger partial charge on any atom is -0.359 e. The summed E-state index contributed by atoms with van der Waals surface area (Å²) in [5.74, 6) is 1.02. The first-order chi connectivity index (χ1) is 7.72. The second-order valence-corrected chi connectivity index (χ2v) is 4.19. The van der Waals surface area contributed by atoms with E-state index in [4.69, 9.17) is 0 Å². The summed E-state index contributed by atoms with van der Waals surface area (Å²) in [6, 6.07) is 2.10. The Hall–Kier alpha value is -1.58. The molecule has 0 saturated heterocycles. The van der Waals surface area contributed by atoms with Crippen molar-refractivity contribution in [1.82, 2.24) is 15.0 Å². The normalized spacial score (nSPS) is 10.9. The lowest BCUT2D eigenvalue weighted by molar-refractivity contribution is 0.761. The molecule has 0 aliphatic heterocycles. The largest absolute Gasteiger partial charge is 0.359 e. The van der Waals surface area contributed by atoms with E-state index in [1.54, 1.807) is 6.33 Å². The molecule has 2 rings (SSSR count). The van der Waals surface area contributed by atoms with Gasteiger partial charge in [0.25, 0.3) is 0 Å². The van der Waals surface area contributed by atoms with Crippen LogP contribution in [0.3, 0.4) is 0 Å². The summed E-state index contributed by atoms with van der Waals surface area (Å²) >= 11 is 0. The summed E-state index contributed by atoms with van der Waals surface area (Å²) in [6.07, 6.45) is 4.01. The van der Waals surface area contributed by atoms with Gasteiger partial charge in [-0.25, -0.2) is 9.97 Å². The lowest BCUT2D eigenvalue weighted by Gasteiger charge is -2.17. The zero-order valence-corrected chi connectivity index (χ0v) is 10.1. The number of hydrogen-bond donors (Lipinski definition) is 1. The SMILES string of the molecule is CCCCN(C)c1ncnc2[nH]c(C)cc12. The van der Waals surface area contributed by atoms with E-state index in [1.165, 1.54) is 12.8 Å². The Kier molecular flexibility index (Phi) is 3.08. The van der Waals surface area contributed by atoms with Crippen LogP contribution in [0.5, 0.6) is 0 Å². The minimum atomic E-state index is 0.922. The van der Waals surface area contributed by atoms with E-state index in [0.29, 0.717) is 0 Å². The van der Waals surface area contributed by atoms with Crippen molar-refractivity contribution in [2.75, 3.05) is 18.5 Å². The van der Waals surface area contributed by atoms with Gasteiger partial charge in [0.2, 0.25) is 0 Å². The van der Waals surface area contributed by atoms with Gasteiger partial charge in [-0.15, -0.1) is 0 Å². The third-order valence-corrected chi connectivity index (χ3v) is 2.75. The van der Waals surface area contributed by atoms with E-state index in [9.17, 15) is 0 Å². The molecule has 1 N–H and O–H groups in total. The van der Waals surface area contributed by atoms with Gasteiger partial charge in [-0.05, 0) is 19.4 Å². The molecule has 0 atom stereocenters. The van der Waals surface area contributed by atoms with Crippen molar-refractivity contribution in [1.29, 1.82) is 0 Å². The van der Waals surface area contributed by atoms with E-state index in [1.807, 2.05) is 6.92 Å². The molecule has 0 unspecified atom stereocenters. The molecule has 86 valence electrons. The van der Waals surface area contributed by atoms with Gasteiger partial charge in [-0.1, -0.05) is 13.3 Å². The van der Waals surface area contributed by atoms with Crippen LogP contribution in [-0.4, -0.2) is 28.5 Å². The molecule has 0 aliphatic carbocycles. The molecule has 4 nitrogen and oxygen atoms in total. The van der Waals surface area contributed by atoms with Gasteiger partial charge in [0.05, 0.1) is 5.39 Å². The number of aromatic amines is 1. The maximum absolute atomic E-state index is 4.37. The molecule has 0 amide bonds. The van der Waals surface area contributed by atoms with Crippen molar-refractivity contribution in [2.45, 2.75) is 26.7 Å². The molecule has 2 aromatic rings. The molecule has 16 heavy (non-hydrogen) atoms. The van der Waals surface area contributed by atoms with E-state index >= 15 is 0 Å². The Labute approximate surface area is 95.7 Å². The van der Waals surface area contributed by atoms with Gasteiger partial charge in [0.1, 0.15) is 17.8 Å². The van der Waals surface area contributed by atoms with Gasteiger partial charge in [-0.2, -0.15) is 0 Å². The molecule has 0 saturated carbocycles. The molecule has 0 radical (unpaired) electrons. The highest BCUT2D eigenvalue weighted by Gasteiger charge is 2.09. The summed E-state index contributed by atoms with van der Waals surface area (Å²) in [7, 11) is 2.08. The summed E-state index contributed by atoms with van der Waals surface area (Å²) in [6.45, 7) is 5.27. The van der Waals surface area contributed by atoms with Crippen LogP contribution in [0.15, 0.2) is 12.4 Å². The number of H-pyrrole nitrogens is 1. The number of unbranched alkanes of at least 4 members (excludes halogenated alkanes) is 1. The van der Waals surface area contributed by atoms with Crippen molar-refractivity contribution in [3.63, 3.8) is 0 Å². The summed E-state index contributed by atoms with van der Waals surface area (Å²) in [4.78, 5) is 14.0. The second kappa shape index (κ2) is 4.51. The number of nitrogens with one attached hydrogen (secondary N) is 1. The second-order valence-electron chi connectivity index (χ2n) is 4.19. The average molecular weight is 218 g/mol. The van der Waals surface area contributed by atoms with Crippen LogP contribution in [0.25, 0.3) is 11.0 Å². The zero-order valence-electron chi connectivity index (χ0n) is 10.1. The van der Waals surface area contributed by atoms with Crippen LogP contribution in [0, 0.1) is 6.92 Å². The highest BCUT2D eigenvalue weighted by atomic mass is 15.2. The number of fused-ring (bicyclic) bond motifs is 1. The van der Waals surface area contributed by atoms with Crippen LogP contribution < -0.4 is 4.90 Å². The monoisotopic (exact) mass is 218 g/mol. The third kappa shape index (κ3) is 2.01. The summed E-state index contributed by atoms with van der Waals surface area (Å²) in [5, 5.41) is 1.11. The fraction of sp³-hybridized carbons (Fsp3) is 0.500. The Morgan fingerprint density at radius 1 is 1.38 bits per heavy atom. The molecule has 2 heterocycles. The number of hydrogen-bond acceptors (Lipinski definition) is 3. The van der Waals surface area contributed by atoms with Crippen molar-refractivity contribution in [2.24, 2.45) is 0 Å². The highest BCUT2D eigenvalue weighted by molar-refractivity contribution is 5.87. The van der Waals surface area contributed by atoms with Crippen molar-refractivity contribution in [3.8, 4) is 0 Å². The topological polar surface area (TPSA) is 44.8 Å². The van der Waals surface area contributed by atoms with Crippen molar-refractivity contribution < 1.29 is 0 Å². The Balaban J connectivity index is 2.35. The minimum absolute atomic E-state index is 0.922. The first kappa shape index (κ1) is 10.9. The smallest absolute Gasteiger partial charge is 0.143 e. The Morgan fingerprint density at radius 2 is 2.19 bits per heavy atom. The highest BCUT2D eigenvalue weighted by Crippen LogP contribution is 2.22. The standard InChI is InChI=1S/C12H18N4/c1-4-5-6-16(3)12-10-7-9(2)15-11(10)13-8-14-12/h7-8H,4-6H2,1-3H3,(H,13,14,15). The van der Waals surface area contributed by atoms with Crippen LogP contribution >= 0.6 is 0 Å². The number of rotatable bonds is 4. The number of aryl methyl sites for hydroxylation is 1. The van der Waals surface area contributed by atoms with Crippen LogP contribution in [0.4, 0.5) is 5.82 Å². The van der Waals surface area contributed by atoms with Gasteiger partial charge >= 0.3 is 0 Å². The maximum Gasteiger partial charge on any atom is 0.143 e. The molecular weight excluding hydrogens is 200 g/mol. The van der Waals surface area contributed by atoms with E-state index in [2.05, 4.69) is 39.9 Å². The van der Waals surface area contributed by atoms with Gasteiger partial charge in [-0.3, -0.25) is 0 Å². The van der Waals surface area contributed by atoms with Crippen LogP contribution in [0.2, 0.25) is 0 Å². The number of aromatic nitrogens is 3. The third-order valence-electron chi connectivity index (χ3n) is 2.75. The Morgan fingerprint density at radius 3 is 2.94 bits per heavy atom. The number of anilines is 1. The quantitative estimate of drug-likeness (QED) is 0.857. The number of nitrogens with zero attached hydrogens (tertiary/aromatic N) is 3. The van der Waals surface area contributed by atoms with Crippen molar-refractivity contribution in [3.05, 3.63) is 18.1 Å². The fourth-order valence-electron chi connectivity index (χ4n) is 1.86. The van der Waals surface area contributed by atoms with Crippen molar-refractivity contribution >= 4 is 16.9 Å². The first-order valence-electron chi connectivity index (χ1n) is 5.74. The predicted octanol–water partition coefficient (Wildman–Crippen LogP) is 2.50. The first-order valence-corrected chi connectivity index (χ1v) is 5.74. The van der Waals surface area contributed by atoms with Gasteiger partial charge < -0.3 is 9.88 Å². The fourth-order valence-corrected chi connectivity index (χ4v) is 1.86. The van der Waals surface area contributed by atoms with Crippen LogP contribution in [-0.2, 0) is 0 Å². The van der Waals surface area contributed by atoms with E-state index in [0.717, 1.165) is 29.1 Å². The molecule has 0 spiro atoms. The molecule has 0 bridgehead atoms. The molecule has 2 aromatic heterocycles. The summed E-state index contributed by atoms with van der Waals surface area (Å²) in [5.41, 5.74) is 2.05. The van der Waals surface area contributed by atoms with Crippen LogP contribution in [0.1, 0.15) is 25.5 Å². The van der Waals surface area contributed by atoms with Gasteiger partial charge in [0.15, 0.2) is 0 Å². The van der Waals surface area contributed by atoms with E-state index < -0.39 is 0 Å². The Bertz CT molecular complexity index is 475. The van der Waals surface area contributed by atoms with Gasteiger partial charge in [0, 0.05) is 19.3 Å².